The number of thioether (sulfide) groups is 1. The van der Waals surface area contributed by atoms with Gasteiger partial charge in [0.2, 0.25) is 5.91 Å². The minimum atomic E-state index is -0.787. The summed E-state index contributed by atoms with van der Waals surface area (Å²) in [5.41, 5.74) is 1.66. The Kier molecular flexibility index (Phi) is 7.49. The molecule has 0 spiro atoms. The molecule has 2 heterocycles. The van der Waals surface area contributed by atoms with Crippen LogP contribution in [0.15, 0.2) is 30.3 Å². The van der Waals surface area contributed by atoms with Gasteiger partial charge in [-0.15, -0.1) is 11.8 Å². The van der Waals surface area contributed by atoms with Crippen LogP contribution in [0.4, 0.5) is 15.4 Å². The van der Waals surface area contributed by atoms with Crippen molar-refractivity contribution < 1.29 is 23.9 Å². The number of urea groups is 1. The highest BCUT2D eigenvalue weighted by molar-refractivity contribution is 8.00. The largest absolute Gasteiger partial charge is 0.508 e. The molecule has 194 valence electrons. The smallest absolute Gasteiger partial charge is 0.435 e. The van der Waals surface area contributed by atoms with Crippen molar-refractivity contribution in [3.05, 3.63) is 47.2 Å². The second kappa shape index (κ2) is 10.4. The Morgan fingerprint density at radius 2 is 1.92 bits per heavy atom. The SMILES string of the molecule is CCOC(=O)OCC(NC(=O)N1Cc2c(NC(=O)C3(SC)CCC3)n[nH]c2C1(C)C)c1ccccc1. The van der Waals surface area contributed by atoms with Gasteiger partial charge in [0.1, 0.15) is 6.61 Å². The van der Waals surface area contributed by atoms with Crippen LogP contribution in [0.25, 0.3) is 0 Å². The van der Waals surface area contributed by atoms with Crippen LogP contribution < -0.4 is 10.6 Å². The van der Waals surface area contributed by atoms with Crippen LogP contribution in [0.3, 0.4) is 0 Å². The summed E-state index contributed by atoms with van der Waals surface area (Å²) in [4.78, 5) is 39.9. The van der Waals surface area contributed by atoms with E-state index in [1.165, 1.54) is 0 Å². The highest BCUT2D eigenvalue weighted by Gasteiger charge is 2.47. The molecule has 3 amide bonds. The third-order valence-corrected chi connectivity index (χ3v) is 8.42. The summed E-state index contributed by atoms with van der Waals surface area (Å²) >= 11 is 1.57. The van der Waals surface area contributed by atoms with Crippen molar-refractivity contribution in [1.82, 2.24) is 20.4 Å². The molecule has 4 rings (SSSR count). The summed E-state index contributed by atoms with van der Waals surface area (Å²) in [5.74, 6) is 0.417. The molecule has 1 unspecified atom stereocenters. The lowest BCUT2D eigenvalue weighted by Gasteiger charge is -2.38. The van der Waals surface area contributed by atoms with Crippen molar-refractivity contribution in [2.75, 3.05) is 24.8 Å². The predicted molar refractivity (Wildman–Crippen MR) is 137 cm³/mol. The van der Waals surface area contributed by atoms with Gasteiger partial charge in [-0.1, -0.05) is 30.3 Å². The van der Waals surface area contributed by atoms with Crippen molar-refractivity contribution in [1.29, 1.82) is 0 Å². The summed E-state index contributed by atoms with van der Waals surface area (Å²) in [6.07, 6.45) is 3.90. The van der Waals surface area contributed by atoms with Crippen LogP contribution in [-0.4, -0.2) is 57.4 Å². The van der Waals surface area contributed by atoms with E-state index >= 15 is 0 Å². The van der Waals surface area contributed by atoms with Gasteiger partial charge in [-0.2, -0.15) is 5.10 Å². The number of benzene rings is 1. The number of fused-ring (bicyclic) bond motifs is 1. The first-order chi connectivity index (χ1) is 17.2. The zero-order chi connectivity index (χ0) is 25.9. The highest BCUT2D eigenvalue weighted by atomic mass is 32.2. The number of carbonyl (C=O) groups is 3. The van der Waals surface area contributed by atoms with Crippen LogP contribution in [-0.2, 0) is 26.4 Å². The number of aromatic nitrogens is 2. The molecule has 3 N–H and O–H groups in total. The lowest BCUT2D eigenvalue weighted by Crippen LogP contribution is -2.48. The fourth-order valence-corrected chi connectivity index (χ4v) is 5.57. The van der Waals surface area contributed by atoms with Gasteiger partial charge < -0.3 is 25.0 Å². The average molecular weight is 516 g/mol. The average Bonchev–Trinajstić information content (AvgIpc) is 3.34. The molecule has 0 saturated heterocycles. The first-order valence-electron chi connectivity index (χ1n) is 12.1. The number of nitrogens with one attached hydrogen (secondary N) is 3. The minimum absolute atomic E-state index is 0.0449. The zero-order valence-electron chi connectivity index (χ0n) is 21.1. The number of carbonyl (C=O) groups excluding carboxylic acids is 3. The molecule has 10 nitrogen and oxygen atoms in total. The maximum Gasteiger partial charge on any atom is 0.508 e. The van der Waals surface area contributed by atoms with Gasteiger partial charge in [0.15, 0.2) is 5.82 Å². The zero-order valence-corrected chi connectivity index (χ0v) is 21.9. The van der Waals surface area contributed by atoms with Gasteiger partial charge in [-0.05, 0) is 51.9 Å². The first kappa shape index (κ1) is 25.9. The van der Waals surface area contributed by atoms with Crippen molar-refractivity contribution in [3.8, 4) is 0 Å². The molecule has 0 bridgehead atoms. The predicted octanol–water partition coefficient (Wildman–Crippen LogP) is 4.31. The molecule has 0 radical (unpaired) electrons. The third-order valence-electron chi connectivity index (χ3n) is 7.04. The van der Waals surface area contributed by atoms with Gasteiger partial charge in [0, 0.05) is 5.56 Å². The monoisotopic (exact) mass is 515 g/mol. The Labute approximate surface area is 214 Å². The van der Waals surface area contributed by atoms with E-state index in [2.05, 4.69) is 20.8 Å². The Morgan fingerprint density at radius 3 is 2.53 bits per heavy atom. The minimum Gasteiger partial charge on any atom is -0.435 e. The Hall–Kier alpha value is -3.21. The number of hydrogen-bond acceptors (Lipinski definition) is 7. The lowest BCUT2D eigenvalue weighted by atomic mass is 9.83. The number of ether oxygens (including phenoxy) is 2. The van der Waals surface area contributed by atoms with E-state index in [0.29, 0.717) is 5.82 Å². The topological polar surface area (TPSA) is 126 Å². The van der Waals surface area contributed by atoms with Gasteiger partial charge in [-0.3, -0.25) is 9.89 Å². The van der Waals surface area contributed by atoms with E-state index in [1.807, 2.05) is 50.4 Å². The van der Waals surface area contributed by atoms with Crippen molar-refractivity contribution in [2.24, 2.45) is 0 Å². The molecule has 11 heteroatoms. The Balaban J connectivity index is 1.49. The summed E-state index contributed by atoms with van der Waals surface area (Å²) in [6.45, 7) is 5.93. The van der Waals surface area contributed by atoms with Crippen LogP contribution in [0.5, 0.6) is 0 Å². The highest BCUT2D eigenvalue weighted by Crippen LogP contribution is 2.45. The second-order valence-electron chi connectivity index (χ2n) is 9.48. The molecule has 1 atom stereocenters. The van der Waals surface area contributed by atoms with E-state index in [-0.39, 0.29) is 31.7 Å². The molecule has 1 aliphatic heterocycles. The standard InChI is InChI=1S/C25H33N5O5S/c1-5-34-23(33)35-15-18(16-10-7-6-8-11-16)26-22(32)30-14-17-19(24(30,2)3)28-29-20(17)27-21(31)25(36-4)12-9-13-25/h6-8,10-11,18H,5,9,12-15H2,1-4H3,(H,26,32)(H2,27,28,29,31). The van der Waals surface area contributed by atoms with E-state index in [0.717, 1.165) is 36.1 Å². The number of H-pyrrole nitrogens is 1. The van der Waals surface area contributed by atoms with Crippen molar-refractivity contribution in [2.45, 2.75) is 62.9 Å². The molecule has 1 saturated carbocycles. The van der Waals surface area contributed by atoms with Crippen LogP contribution in [0.2, 0.25) is 0 Å². The normalized spacial score (nSPS) is 17.9. The number of amides is 3. The van der Waals surface area contributed by atoms with Gasteiger partial charge in [-0.25, -0.2) is 9.59 Å². The van der Waals surface area contributed by atoms with Crippen molar-refractivity contribution >= 4 is 35.7 Å². The number of nitrogens with zero attached hydrogens (tertiary/aromatic N) is 2. The second-order valence-corrected chi connectivity index (χ2v) is 10.7. The molecule has 1 fully saturated rings. The number of hydrogen-bond donors (Lipinski definition) is 3. The maximum atomic E-state index is 13.5. The number of aromatic amines is 1. The maximum absolute atomic E-state index is 13.5. The van der Waals surface area contributed by atoms with E-state index in [9.17, 15) is 14.4 Å². The molecule has 36 heavy (non-hydrogen) atoms. The van der Waals surface area contributed by atoms with Gasteiger partial charge in [0.05, 0.1) is 35.2 Å². The molecule has 2 aliphatic rings. The van der Waals surface area contributed by atoms with Gasteiger partial charge >= 0.3 is 12.2 Å². The number of rotatable bonds is 8. The fraction of sp³-hybridized carbons (Fsp3) is 0.520. The van der Waals surface area contributed by atoms with Crippen molar-refractivity contribution in [3.63, 3.8) is 0 Å². The summed E-state index contributed by atoms with van der Waals surface area (Å²) in [6, 6.07) is 8.39. The van der Waals surface area contributed by atoms with Crippen LogP contribution in [0.1, 0.15) is 62.9 Å². The van der Waals surface area contributed by atoms with Crippen LogP contribution in [0, 0.1) is 0 Å². The van der Waals surface area contributed by atoms with E-state index in [4.69, 9.17) is 9.47 Å². The third kappa shape index (κ3) is 4.88. The summed E-state index contributed by atoms with van der Waals surface area (Å²) in [5, 5.41) is 13.4. The molecular formula is C25H33N5O5S. The molecule has 1 aliphatic carbocycles. The number of anilines is 1. The quantitative estimate of drug-likeness (QED) is 0.447. The molecular weight excluding hydrogens is 482 g/mol. The lowest BCUT2D eigenvalue weighted by molar-refractivity contribution is -0.120. The fourth-order valence-electron chi connectivity index (χ4n) is 4.63. The first-order valence-corrected chi connectivity index (χ1v) is 13.3. The Morgan fingerprint density at radius 1 is 1.19 bits per heavy atom. The Bertz CT molecular complexity index is 1110. The summed E-state index contributed by atoms with van der Waals surface area (Å²) < 4.78 is 9.67. The van der Waals surface area contributed by atoms with E-state index in [1.54, 1.807) is 23.6 Å². The molecule has 1 aromatic heterocycles. The molecule has 1 aromatic carbocycles. The van der Waals surface area contributed by atoms with Crippen LogP contribution >= 0.6 is 11.8 Å². The van der Waals surface area contributed by atoms with Gasteiger partial charge in [0.25, 0.3) is 0 Å². The molecule has 2 aromatic rings. The van der Waals surface area contributed by atoms with E-state index < -0.39 is 22.5 Å². The summed E-state index contributed by atoms with van der Waals surface area (Å²) in [7, 11) is 0.